The van der Waals surface area contributed by atoms with Crippen LogP contribution < -0.4 is 9.47 Å². The first-order valence-electron chi connectivity index (χ1n) is 5.28. The predicted octanol–water partition coefficient (Wildman–Crippen LogP) is 2.78. The predicted molar refractivity (Wildman–Crippen MR) is 60.7 cm³/mol. The minimum Gasteiger partial charge on any atom is -0.488 e. The van der Waals surface area contributed by atoms with Crippen LogP contribution >= 0.6 is 11.3 Å². The summed E-state index contributed by atoms with van der Waals surface area (Å²) in [6, 6.07) is 1.66. The van der Waals surface area contributed by atoms with E-state index in [2.05, 4.69) is 0 Å². The Hall–Kier alpha value is -1.23. The van der Waals surface area contributed by atoms with Gasteiger partial charge in [-0.1, -0.05) is 11.3 Å². The lowest BCUT2D eigenvalue weighted by Gasteiger charge is -2.11. The zero-order chi connectivity index (χ0) is 11.5. The second kappa shape index (κ2) is 4.74. The third-order valence-electron chi connectivity index (χ3n) is 2.67. The Kier molecular flexibility index (Phi) is 3.33. The van der Waals surface area contributed by atoms with Crippen LogP contribution in [0.15, 0.2) is 6.07 Å². The third-order valence-corrected chi connectivity index (χ3v) is 3.73. The fourth-order valence-corrected chi connectivity index (χ4v) is 2.62. The van der Waals surface area contributed by atoms with Gasteiger partial charge in [-0.2, -0.15) is 0 Å². The lowest BCUT2D eigenvalue weighted by molar-refractivity contribution is 0.0695. The average Bonchev–Trinajstić information content (AvgIpc) is 2.87. The fraction of sp³-hybridized carbons (Fsp3) is 0.545. The molecule has 0 aromatic carbocycles. The SMILES string of the molecule is COc1cc(OC2CCCC2)c(C(=O)O)s1. The standard InChI is InChI=1S/C11H14O4S/c1-14-9-6-8(10(16-9)11(12)13)15-7-4-2-3-5-7/h6-7H,2-5H2,1H3,(H,12,13). The maximum atomic E-state index is 11.0. The molecule has 1 N–H and O–H groups in total. The minimum atomic E-state index is -0.957. The van der Waals surface area contributed by atoms with Crippen molar-refractivity contribution in [1.82, 2.24) is 0 Å². The van der Waals surface area contributed by atoms with E-state index in [0.29, 0.717) is 10.8 Å². The van der Waals surface area contributed by atoms with Crippen molar-refractivity contribution in [2.45, 2.75) is 31.8 Å². The summed E-state index contributed by atoms with van der Waals surface area (Å²) in [7, 11) is 1.52. The highest BCUT2D eigenvalue weighted by Gasteiger charge is 2.22. The van der Waals surface area contributed by atoms with Gasteiger partial charge in [0.15, 0.2) is 9.94 Å². The zero-order valence-electron chi connectivity index (χ0n) is 9.06. The summed E-state index contributed by atoms with van der Waals surface area (Å²) in [5.74, 6) is -0.512. The molecule has 1 aliphatic carbocycles. The Bertz CT molecular complexity index is 379. The monoisotopic (exact) mass is 242 g/mol. The molecule has 0 atom stereocenters. The van der Waals surface area contributed by atoms with Crippen molar-refractivity contribution < 1.29 is 19.4 Å². The second-order valence-electron chi connectivity index (χ2n) is 3.79. The number of aromatic carboxylic acids is 1. The molecule has 0 saturated heterocycles. The van der Waals surface area contributed by atoms with Crippen LogP contribution in [-0.4, -0.2) is 24.3 Å². The van der Waals surface area contributed by atoms with Crippen LogP contribution in [0.3, 0.4) is 0 Å². The number of carboxylic acids is 1. The molecule has 1 fully saturated rings. The Morgan fingerprint density at radius 3 is 2.75 bits per heavy atom. The Morgan fingerprint density at radius 2 is 2.19 bits per heavy atom. The van der Waals surface area contributed by atoms with E-state index in [0.717, 1.165) is 37.0 Å². The van der Waals surface area contributed by atoms with E-state index >= 15 is 0 Å². The van der Waals surface area contributed by atoms with Crippen molar-refractivity contribution >= 4 is 17.3 Å². The molecule has 0 spiro atoms. The summed E-state index contributed by atoms with van der Waals surface area (Å²) >= 11 is 1.10. The summed E-state index contributed by atoms with van der Waals surface area (Å²) in [6.07, 6.45) is 4.51. The fourth-order valence-electron chi connectivity index (χ4n) is 1.88. The van der Waals surface area contributed by atoms with Gasteiger partial charge in [0, 0.05) is 6.07 Å². The van der Waals surface area contributed by atoms with E-state index < -0.39 is 5.97 Å². The van der Waals surface area contributed by atoms with Crippen LogP contribution in [0.2, 0.25) is 0 Å². The van der Waals surface area contributed by atoms with Crippen LogP contribution in [0.5, 0.6) is 10.8 Å². The molecular weight excluding hydrogens is 228 g/mol. The van der Waals surface area contributed by atoms with Crippen LogP contribution in [0.1, 0.15) is 35.4 Å². The molecule has 0 bridgehead atoms. The summed E-state index contributed by atoms with van der Waals surface area (Å²) in [4.78, 5) is 11.2. The topological polar surface area (TPSA) is 55.8 Å². The van der Waals surface area contributed by atoms with Gasteiger partial charge in [0.25, 0.3) is 0 Å². The van der Waals surface area contributed by atoms with Gasteiger partial charge in [-0.3, -0.25) is 0 Å². The molecule has 5 heteroatoms. The number of hydrogen-bond donors (Lipinski definition) is 1. The highest BCUT2D eigenvalue weighted by molar-refractivity contribution is 7.16. The van der Waals surface area contributed by atoms with Crippen molar-refractivity contribution in [1.29, 1.82) is 0 Å². The molecule has 16 heavy (non-hydrogen) atoms. The molecule has 4 nitrogen and oxygen atoms in total. The Balaban J connectivity index is 2.17. The van der Waals surface area contributed by atoms with Gasteiger partial charge < -0.3 is 14.6 Å². The number of carbonyl (C=O) groups is 1. The molecule has 1 aromatic heterocycles. The van der Waals surface area contributed by atoms with Crippen molar-refractivity contribution in [3.63, 3.8) is 0 Å². The maximum Gasteiger partial charge on any atom is 0.349 e. The summed E-state index contributed by atoms with van der Waals surface area (Å²) in [5, 5.41) is 9.60. The summed E-state index contributed by atoms with van der Waals surface area (Å²) in [6.45, 7) is 0. The lowest BCUT2D eigenvalue weighted by atomic mass is 10.3. The van der Waals surface area contributed by atoms with Crippen LogP contribution in [0.4, 0.5) is 0 Å². The lowest BCUT2D eigenvalue weighted by Crippen LogP contribution is -2.12. The van der Waals surface area contributed by atoms with Crippen LogP contribution in [0, 0.1) is 0 Å². The van der Waals surface area contributed by atoms with Crippen LogP contribution in [0.25, 0.3) is 0 Å². The zero-order valence-corrected chi connectivity index (χ0v) is 9.88. The van der Waals surface area contributed by atoms with Gasteiger partial charge in [0.2, 0.25) is 0 Å². The molecule has 0 radical (unpaired) electrons. The van der Waals surface area contributed by atoms with E-state index in [1.807, 2.05) is 0 Å². The quantitative estimate of drug-likeness (QED) is 0.882. The number of methoxy groups -OCH3 is 1. The van der Waals surface area contributed by atoms with Crippen molar-refractivity contribution in [3.8, 4) is 10.8 Å². The van der Waals surface area contributed by atoms with E-state index in [1.54, 1.807) is 6.07 Å². The van der Waals surface area contributed by atoms with E-state index in [4.69, 9.17) is 14.6 Å². The number of ether oxygens (including phenoxy) is 2. The summed E-state index contributed by atoms with van der Waals surface area (Å²) in [5.41, 5.74) is 0. The Labute approximate surface area is 97.8 Å². The maximum absolute atomic E-state index is 11.0. The average molecular weight is 242 g/mol. The molecule has 88 valence electrons. The van der Waals surface area contributed by atoms with E-state index in [-0.39, 0.29) is 11.0 Å². The first-order chi connectivity index (χ1) is 7.70. The number of rotatable bonds is 4. The molecular formula is C11H14O4S. The molecule has 0 amide bonds. The molecule has 0 aliphatic heterocycles. The van der Waals surface area contributed by atoms with Gasteiger partial charge >= 0.3 is 5.97 Å². The molecule has 1 heterocycles. The molecule has 1 saturated carbocycles. The molecule has 1 aromatic rings. The number of hydrogen-bond acceptors (Lipinski definition) is 4. The first kappa shape index (κ1) is 11.3. The van der Waals surface area contributed by atoms with Crippen molar-refractivity contribution in [3.05, 3.63) is 10.9 Å². The smallest absolute Gasteiger partial charge is 0.349 e. The number of carboxylic acid groups (broad SMARTS) is 1. The first-order valence-corrected chi connectivity index (χ1v) is 6.10. The largest absolute Gasteiger partial charge is 0.488 e. The van der Waals surface area contributed by atoms with E-state index in [1.165, 1.54) is 7.11 Å². The Morgan fingerprint density at radius 1 is 1.50 bits per heavy atom. The molecule has 1 aliphatic rings. The molecule has 0 unspecified atom stereocenters. The number of thiophene rings is 1. The van der Waals surface area contributed by atoms with Gasteiger partial charge in [0.05, 0.1) is 13.2 Å². The normalized spacial score (nSPS) is 16.3. The van der Waals surface area contributed by atoms with E-state index in [9.17, 15) is 4.79 Å². The highest BCUT2D eigenvalue weighted by Crippen LogP contribution is 2.37. The second-order valence-corrected chi connectivity index (χ2v) is 4.81. The van der Waals surface area contributed by atoms with Gasteiger partial charge in [-0.15, -0.1) is 0 Å². The molecule has 2 rings (SSSR count). The summed E-state index contributed by atoms with van der Waals surface area (Å²) < 4.78 is 10.7. The van der Waals surface area contributed by atoms with Gasteiger partial charge in [0.1, 0.15) is 5.75 Å². The van der Waals surface area contributed by atoms with Crippen molar-refractivity contribution in [2.75, 3.05) is 7.11 Å². The highest BCUT2D eigenvalue weighted by atomic mass is 32.1. The van der Waals surface area contributed by atoms with Gasteiger partial charge in [-0.05, 0) is 25.7 Å². The van der Waals surface area contributed by atoms with Gasteiger partial charge in [-0.25, -0.2) is 4.79 Å². The minimum absolute atomic E-state index is 0.164. The van der Waals surface area contributed by atoms with Crippen molar-refractivity contribution in [2.24, 2.45) is 0 Å². The third kappa shape index (κ3) is 2.29. The van der Waals surface area contributed by atoms with Crippen LogP contribution in [-0.2, 0) is 0 Å².